The zero-order chi connectivity index (χ0) is 17.6. The number of benzene rings is 2. The van der Waals surface area contributed by atoms with Crippen molar-refractivity contribution in [3.63, 3.8) is 0 Å². The van der Waals surface area contributed by atoms with Gasteiger partial charge in [-0.05, 0) is 43.3 Å². The van der Waals surface area contributed by atoms with Gasteiger partial charge in [0.1, 0.15) is 18.0 Å². The van der Waals surface area contributed by atoms with E-state index in [1.165, 1.54) is 13.3 Å². The topological polar surface area (TPSA) is 90.7 Å². The van der Waals surface area contributed by atoms with Gasteiger partial charge in [0, 0.05) is 23.0 Å². The predicted molar refractivity (Wildman–Crippen MR) is 96.2 cm³/mol. The highest BCUT2D eigenvalue weighted by Gasteiger charge is 2.03. The number of rotatable bonds is 5. The zero-order valence-corrected chi connectivity index (χ0v) is 13.5. The fraction of sp³-hybridized carbons (Fsp3) is 0.0526. The van der Waals surface area contributed by atoms with Gasteiger partial charge in [-0.2, -0.15) is 5.26 Å². The lowest BCUT2D eigenvalue weighted by Gasteiger charge is -2.09. The van der Waals surface area contributed by atoms with Gasteiger partial charge in [-0.1, -0.05) is 12.1 Å². The van der Waals surface area contributed by atoms with Gasteiger partial charge in [0.25, 0.3) is 0 Å². The van der Waals surface area contributed by atoms with Crippen LogP contribution in [0, 0.1) is 11.3 Å². The molecule has 2 aromatic carbocycles. The molecule has 0 aliphatic carbocycles. The van der Waals surface area contributed by atoms with Gasteiger partial charge in [-0.15, -0.1) is 0 Å². The lowest BCUT2D eigenvalue weighted by molar-refractivity contribution is 0.101. The third-order valence-electron chi connectivity index (χ3n) is 3.49. The Hall–Kier alpha value is -3.72. The summed E-state index contributed by atoms with van der Waals surface area (Å²) in [5.74, 6) is 1.23. The zero-order valence-electron chi connectivity index (χ0n) is 13.5. The molecule has 122 valence electrons. The largest absolute Gasteiger partial charge is 0.340 e. The van der Waals surface area contributed by atoms with Gasteiger partial charge < -0.3 is 10.6 Å². The standard InChI is InChI=1S/C19H15N5O/c1-13(25)15-3-2-4-17(9-15)24-19-10-18(21-12-22-19)23-16-7-5-14(11-20)6-8-16/h2-10,12H,1H3,(H2,21,22,23,24). The molecule has 25 heavy (non-hydrogen) atoms. The number of nitrogens with zero attached hydrogens (tertiary/aromatic N) is 3. The smallest absolute Gasteiger partial charge is 0.159 e. The van der Waals surface area contributed by atoms with Crippen molar-refractivity contribution in [3.8, 4) is 6.07 Å². The van der Waals surface area contributed by atoms with Crippen molar-refractivity contribution >= 4 is 28.8 Å². The van der Waals surface area contributed by atoms with Gasteiger partial charge in [0.05, 0.1) is 11.6 Å². The number of Topliss-reactive ketones (excluding diaryl/α,β-unsaturated/α-hetero) is 1. The molecular weight excluding hydrogens is 314 g/mol. The number of carbonyl (C=O) groups is 1. The molecule has 0 unspecified atom stereocenters. The van der Waals surface area contributed by atoms with Crippen molar-refractivity contribution in [1.82, 2.24) is 9.97 Å². The van der Waals surface area contributed by atoms with Crippen LogP contribution in [-0.4, -0.2) is 15.8 Å². The van der Waals surface area contributed by atoms with Crippen LogP contribution in [0.3, 0.4) is 0 Å². The Kier molecular flexibility index (Phi) is 4.67. The van der Waals surface area contributed by atoms with Crippen LogP contribution in [0.1, 0.15) is 22.8 Å². The van der Waals surface area contributed by atoms with Crippen molar-refractivity contribution in [2.75, 3.05) is 10.6 Å². The van der Waals surface area contributed by atoms with Crippen molar-refractivity contribution in [2.24, 2.45) is 0 Å². The van der Waals surface area contributed by atoms with E-state index in [0.29, 0.717) is 22.8 Å². The second-order valence-electron chi connectivity index (χ2n) is 5.36. The molecule has 2 N–H and O–H groups in total. The maximum absolute atomic E-state index is 11.5. The van der Waals surface area contributed by atoms with Crippen LogP contribution in [0.25, 0.3) is 0 Å². The van der Waals surface area contributed by atoms with Crippen molar-refractivity contribution in [2.45, 2.75) is 6.92 Å². The van der Waals surface area contributed by atoms with Crippen molar-refractivity contribution < 1.29 is 4.79 Å². The third-order valence-corrected chi connectivity index (χ3v) is 3.49. The number of aromatic nitrogens is 2. The number of hydrogen-bond donors (Lipinski definition) is 2. The minimum absolute atomic E-state index is 0.00880. The van der Waals surface area contributed by atoms with E-state index in [9.17, 15) is 4.79 Å². The molecule has 0 fully saturated rings. The minimum Gasteiger partial charge on any atom is -0.340 e. The summed E-state index contributed by atoms with van der Waals surface area (Å²) in [6, 6.07) is 18.1. The van der Waals surface area contributed by atoms with E-state index in [0.717, 1.165) is 11.4 Å². The van der Waals surface area contributed by atoms with Crippen LogP contribution < -0.4 is 10.6 Å². The predicted octanol–water partition coefficient (Wildman–Crippen LogP) is 4.04. The first-order valence-electron chi connectivity index (χ1n) is 7.61. The first kappa shape index (κ1) is 16.1. The second-order valence-corrected chi connectivity index (χ2v) is 5.36. The van der Waals surface area contributed by atoms with Crippen LogP contribution in [0.2, 0.25) is 0 Å². The molecule has 0 spiro atoms. The molecule has 1 aromatic heterocycles. The summed E-state index contributed by atoms with van der Waals surface area (Å²) in [6.07, 6.45) is 1.45. The number of ketones is 1. The summed E-state index contributed by atoms with van der Waals surface area (Å²) in [7, 11) is 0. The molecule has 0 saturated carbocycles. The summed E-state index contributed by atoms with van der Waals surface area (Å²) in [5.41, 5.74) is 2.83. The molecule has 0 bridgehead atoms. The molecule has 6 heteroatoms. The van der Waals surface area contributed by atoms with E-state index < -0.39 is 0 Å². The molecule has 0 aliphatic heterocycles. The monoisotopic (exact) mass is 329 g/mol. The molecule has 0 saturated heterocycles. The van der Waals surface area contributed by atoms with E-state index in [1.807, 2.05) is 24.3 Å². The molecule has 3 aromatic rings. The average molecular weight is 329 g/mol. The Morgan fingerprint density at radius 2 is 1.64 bits per heavy atom. The average Bonchev–Trinajstić information content (AvgIpc) is 2.63. The summed E-state index contributed by atoms with van der Waals surface area (Å²) >= 11 is 0. The maximum Gasteiger partial charge on any atom is 0.159 e. The molecule has 1 heterocycles. The summed E-state index contributed by atoms with van der Waals surface area (Å²) in [6.45, 7) is 1.53. The van der Waals surface area contributed by atoms with Crippen LogP contribution in [0.4, 0.5) is 23.0 Å². The van der Waals surface area contributed by atoms with Crippen molar-refractivity contribution in [1.29, 1.82) is 5.26 Å². The molecule has 0 amide bonds. The minimum atomic E-state index is 0.00880. The van der Waals surface area contributed by atoms with Crippen LogP contribution in [0.5, 0.6) is 0 Å². The number of nitriles is 1. The molecule has 3 rings (SSSR count). The van der Waals surface area contributed by atoms with E-state index in [1.54, 1.807) is 30.3 Å². The van der Waals surface area contributed by atoms with E-state index in [-0.39, 0.29) is 5.78 Å². The Morgan fingerprint density at radius 3 is 2.28 bits per heavy atom. The number of carbonyl (C=O) groups excluding carboxylic acids is 1. The molecule has 6 nitrogen and oxygen atoms in total. The molecule has 0 atom stereocenters. The molecular formula is C19H15N5O. The third kappa shape index (κ3) is 4.18. The fourth-order valence-electron chi connectivity index (χ4n) is 2.23. The highest BCUT2D eigenvalue weighted by atomic mass is 16.1. The fourth-order valence-corrected chi connectivity index (χ4v) is 2.23. The first-order chi connectivity index (χ1) is 12.1. The summed E-state index contributed by atoms with van der Waals surface area (Å²) in [5, 5.41) is 15.1. The second kappa shape index (κ2) is 7.23. The van der Waals surface area contributed by atoms with E-state index in [2.05, 4.69) is 26.7 Å². The highest BCUT2D eigenvalue weighted by molar-refractivity contribution is 5.95. The molecule has 0 aliphatic rings. The van der Waals surface area contributed by atoms with Crippen LogP contribution >= 0.6 is 0 Å². The number of hydrogen-bond acceptors (Lipinski definition) is 6. The lowest BCUT2D eigenvalue weighted by Crippen LogP contribution is -1.99. The Balaban J connectivity index is 1.76. The van der Waals surface area contributed by atoms with E-state index in [4.69, 9.17) is 5.26 Å². The van der Waals surface area contributed by atoms with Gasteiger partial charge in [0.15, 0.2) is 5.78 Å². The normalized spacial score (nSPS) is 9.92. The van der Waals surface area contributed by atoms with Crippen molar-refractivity contribution in [3.05, 3.63) is 72.1 Å². The van der Waals surface area contributed by atoms with Crippen LogP contribution in [-0.2, 0) is 0 Å². The van der Waals surface area contributed by atoms with Gasteiger partial charge >= 0.3 is 0 Å². The number of nitrogens with one attached hydrogen (secondary N) is 2. The Morgan fingerprint density at radius 1 is 0.960 bits per heavy atom. The van der Waals surface area contributed by atoms with Gasteiger partial charge in [-0.3, -0.25) is 4.79 Å². The van der Waals surface area contributed by atoms with Gasteiger partial charge in [-0.25, -0.2) is 9.97 Å². The lowest BCUT2D eigenvalue weighted by atomic mass is 10.1. The van der Waals surface area contributed by atoms with Crippen LogP contribution in [0.15, 0.2) is 60.9 Å². The summed E-state index contributed by atoms with van der Waals surface area (Å²) < 4.78 is 0. The maximum atomic E-state index is 11.5. The quantitative estimate of drug-likeness (QED) is 0.687. The van der Waals surface area contributed by atoms with E-state index >= 15 is 0 Å². The first-order valence-corrected chi connectivity index (χ1v) is 7.61. The highest BCUT2D eigenvalue weighted by Crippen LogP contribution is 2.20. The number of anilines is 4. The SMILES string of the molecule is CC(=O)c1cccc(Nc2cc(Nc3ccc(C#N)cc3)ncn2)c1. The Labute approximate surface area is 145 Å². The molecule has 0 radical (unpaired) electrons. The summed E-state index contributed by atoms with van der Waals surface area (Å²) in [4.78, 5) is 19.8. The van der Waals surface area contributed by atoms with Gasteiger partial charge in [0.2, 0.25) is 0 Å². The Bertz CT molecular complexity index is 945.